The molecular weight excluding hydrogens is 285 g/mol. The molecule has 1 aromatic carbocycles. The van der Waals surface area contributed by atoms with E-state index >= 15 is 0 Å². The van der Waals surface area contributed by atoms with Crippen molar-refractivity contribution >= 4 is 0 Å². The van der Waals surface area contributed by atoms with Crippen LogP contribution in [0.15, 0.2) is 24.3 Å². The van der Waals surface area contributed by atoms with Crippen molar-refractivity contribution in [3.63, 3.8) is 0 Å². The minimum absolute atomic E-state index is 0.0314. The second-order valence-corrected chi connectivity index (χ2v) is 5.94. The van der Waals surface area contributed by atoms with Crippen molar-refractivity contribution in [3.05, 3.63) is 30.1 Å². The SMILES string of the molecule is Fc1ccc(OCCCN2CCC(C3OCCO3)CC2)cc1. The van der Waals surface area contributed by atoms with Crippen molar-refractivity contribution in [3.8, 4) is 5.75 Å². The minimum atomic E-state index is -0.231. The third kappa shape index (κ3) is 4.41. The van der Waals surface area contributed by atoms with Crippen LogP contribution in [0.4, 0.5) is 4.39 Å². The summed E-state index contributed by atoms with van der Waals surface area (Å²) in [4.78, 5) is 2.47. The fourth-order valence-electron chi connectivity index (χ4n) is 3.11. The minimum Gasteiger partial charge on any atom is -0.494 e. The van der Waals surface area contributed by atoms with Gasteiger partial charge < -0.3 is 19.1 Å². The molecule has 0 atom stereocenters. The summed E-state index contributed by atoms with van der Waals surface area (Å²) in [5.41, 5.74) is 0. The van der Waals surface area contributed by atoms with Crippen molar-refractivity contribution < 1.29 is 18.6 Å². The molecule has 0 aromatic heterocycles. The van der Waals surface area contributed by atoms with E-state index < -0.39 is 0 Å². The van der Waals surface area contributed by atoms with Crippen molar-refractivity contribution in [2.45, 2.75) is 25.6 Å². The van der Waals surface area contributed by atoms with E-state index in [-0.39, 0.29) is 12.1 Å². The molecule has 0 unspecified atom stereocenters. The number of halogens is 1. The highest BCUT2D eigenvalue weighted by atomic mass is 19.1. The van der Waals surface area contributed by atoms with Gasteiger partial charge in [0.2, 0.25) is 0 Å². The molecule has 0 radical (unpaired) electrons. The lowest BCUT2D eigenvalue weighted by Gasteiger charge is -2.33. The maximum Gasteiger partial charge on any atom is 0.160 e. The summed E-state index contributed by atoms with van der Waals surface area (Å²) < 4.78 is 29.6. The highest BCUT2D eigenvalue weighted by Crippen LogP contribution is 2.25. The zero-order valence-corrected chi connectivity index (χ0v) is 12.9. The monoisotopic (exact) mass is 309 g/mol. The van der Waals surface area contributed by atoms with E-state index in [0.29, 0.717) is 12.5 Å². The van der Waals surface area contributed by atoms with Gasteiger partial charge in [-0.15, -0.1) is 0 Å². The van der Waals surface area contributed by atoms with Gasteiger partial charge in [-0.2, -0.15) is 0 Å². The smallest absolute Gasteiger partial charge is 0.160 e. The summed E-state index contributed by atoms with van der Waals surface area (Å²) >= 11 is 0. The lowest BCUT2D eigenvalue weighted by molar-refractivity contribution is -0.0974. The van der Waals surface area contributed by atoms with Crippen molar-refractivity contribution in [2.24, 2.45) is 5.92 Å². The Balaban J connectivity index is 1.29. The van der Waals surface area contributed by atoms with Gasteiger partial charge in [0, 0.05) is 12.5 Å². The highest BCUT2D eigenvalue weighted by molar-refractivity contribution is 5.21. The zero-order chi connectivity index (χ0) is 15.2. The van der Waals surface area contributed by atoms with Crippen LogP contribution >= 0.6 is 0 Å². The normalized spacial score (nSPS) is 21.3. The van der Waals surface area contributed by atoms with Crippen LogP contribution in [0.25, 0.3) is 0 Å². The second kappa shape index (κ2) is 7.90. The Hall–Kier alpha value is -1.17. The van der Waals surface area contributed by atoms with E-state index in [9.17, 15) is 4.39 Å². The lowest BCUT2D eigenvalue weighted by Crippen LogP contribution is -2.38. The van der Waals surface area contributed by atoms with E-state index in [0.717, 1.165) is 57.9 Å². The number of rotatable bonds is 6. The van der Waals surface area contributed by atoms with Gasteiger partial charge in [0.1, 0.15) is 11.6 Å². The first-order valence-corrected chi connectivity index (χ1v) is 8.15. The van der Waals surface area contributed by atoms with Gasteiger partial charge in [-0.25, -0.2) is 4.39 Å². The van der Waals surface area contributed by atoms with Crippen LogP contribution in [0.2, 0.25) is 0 Å². The molecule has 4 nitrogen and oxygen atoms in total. The van der Waals surface area contributed by atoms with Crippen LogP contribution < -0.4 is 4.74 Å². The molecule has 0 saturated carbocycles. The van der Waals surface area contributed by atoms with E-state index in [4.69, 9.17) is 14.2 Å². The standard InChI is InChI=1S/C17H24FNO3/c18-15-2-4-16(5-3-15)20-11-1-8-19-9-6-14(7-10-19)17-21-12-13-22-17/h2-5,14,17H,1,6-13H2. The Morgan fingerprint density at radius 2 is 1.77 bits per heavy atom. The van der Waals surface area contributed by atoms with Crippen molar-refractivity contribution in [2.75, 3.05) is 39.5 Å². The Morgan fingerprint density at radius 1 is 1.09 bits per heavy atom. The molecule has 5 heteroatoms. The topological polar surface area (TPSA) is 30.9 Å². The summed E-state index contributed by atoms with van der Waals surface area (Å²) in [7, 11) is 0. The molecule has 122 valence electrons. The maximum absolute atomic E-state index is 12.8. The number of hydrogen-bond acceptors (Lipinski definition) is 4. The molecule has 2 heterocycles. The van der Waals surface area contributed by atoms with Crippen LogP contribution in [0.5, 0.6) is 5.75 Å². The fraction of sp³-hybridized carbons (Fsp3) is 0.647. The average Bonchev–Trinajstić information content (AvgIpc) is 3.08. The maximum atomic E-state index is 12.8. The first kappa shape index (κ1) is 15.7. The van der Waals surface area contributed by atoms with Crippen LogP contribution in [-0.2, 0) is 9.47 Å². The third-order valence-corrected chi connectivity index (χ3v) is 4.37. The molecule has 0 bridgehead atoms. The number of piperidine rings is 1. The van der Waals surface area contributed by atoms with Crippen LogP contribution in [-0.4, -0.2) is 50.6 Å². The van der Waals surface area contributed by atoms with Crippen LogP contribution in [0, 0.1) is 11.7 Å². The lowest BCUT2D eigenvalue weighted by atomic mass is 9.96. The largest absolute Gasteiger partial charge is 0.494 e. The second-order valence-electron chi connectivity index (χ2n) is 5.94. The predicted octanol–water partition coefficient (Wildman–Crippen LogP) is 2.68. The average molecular weight is 309 g/mol. The van der Waals surface area contributed by atoms with Crippen LogP contribution in [0.1, 0.15) is 19.3 Å². The van der Waals surface area contributed by atoms with Gasteiger partial charge in [-0.05, 0) is 56.6 Å². The van der Waals surface area contributed by atoms with E-state index in [1.165, 1.54) is 12.1 Å². The number of ether oxygens (including phenoxy) is 3. The number of likely N-dealkylation sites (tertiary alicyclic amines) is 1. The van der Waals surface area contributed by atoms with Crippen molar-refractivity contribution in [1.29, 1.82) is 0 Å². The summed E-state index contributed by atoms with van der Waals surface area (Å²) in [5.74, 6) is 1.05. The first-order valence-electron chi connectivity index (χ1n) is 8.15. The molecule has 1 aromatic rings. The molecule has 2 aliphatic rings. The molecule has 2 fully saturated rings. The van der Waals surface area contributed by atoms with Gasteiger partial charge in [0.25, 0.3) is 0 Å². The highest BCUT2D eigenvalue weighted by Gasteiger charge is 2.30. The zero-order valence-electron chi connectivity index (χ0n) is 12.9. The summed E-state index contributed by atoms with van der Waals surface area (Å²) in [6.45, 7) is 5.40. The van der Waals surface area contributed by atoms with E-state index in [1.54, 1.807) is 12.1 Å². The summed E-state index contributed by atoms with van der Waals surface area (Å²) in [6, 6.07) is 6.19. The van der Waals surface area contributed by atoms with E-state index in [1.807, 2.05) is 0 Å². The molecule has 2 aliphatic heterocycles. The Morgan fingerprint density at radius 3 is 2.45 bits per heavy atom. The Bertz CT molecular complexity index is 440. The molecule has 0 aliphatic carbocycles. The molecule has 0 N–H and O–H groups in total. The molecule has 0 amide bonds. The van der Waals surface area contributed by atoms with Crippen LogP contribution in [0.3, 0.4) is 0 Å². The summed E-state index contributed by atoms with van der Waals surface area (Å²) in [6.07, 6.45) is 3.30. The van der Waals surface area contributed by atoms with Gasteiger partial charge in [-0.3, -0.25) is 0 Å². The molecule has 22 heavy (non-hydrogen) atoms. The fourth-order valence-corrected chi connectivity index (χ4v) is 3.11. The van der Waals surface area contributed by atoms with Gasteiger partial charge in [-0.1, -0.05) is 0 Å². The third-order valence-electron chi connectivity index (χ3n) is 4.37. The molecule has 2 saturated heterocycles. The number of nitrogens with zero attached hydrogens (tertiary/aromatic N) is 1. The van der Waals surface area contributed by atoms with Gasteiger partial charge >= 0.3 is 0 Å². The quantitative estimate of drug-likeness (QED) is 0.756. The van der Waals surface area contributed by atoms with Gasteiger partial charge in [0.15, 0.2) is 6.29 Å². The molecular formula is C17H24FNO3. The summed E-state index contributed by atoms with van der Waals surface area (Å²) in [5, 5.41) is 0. The number of benzene rings is 1. The number of hydrogen-bond donors (Lipinski definition) is 0. The first-order chi connectivity index (χ1) is 10.8. The molecule has 0 spiro atoms. The molecule has 3 rings (SSSR count). The predicted molar refractivity (Wildman–Crippen MR) is 81.4 cm³/mol. The van der Waals surface area contributed by atoms with Crippen molar-refractivity contribution in [1.82, 2.24) is 4.90 Å². The Kier molecular flexibility index (Phi) is 5.64. The van der Waals surface area contributed by atoms with E-state index in [2.05, 4.69) is 4.90 Å². The Labute approximate surface area is 131 Å². The van der Waals surface area contributed by atoms with Gasteiger partial charge in [0.05, 0.1) is 19.8 Å².